The zero-order valence-corrected chi connectivity index (χ0v) is 13.1. The highest BCUT2D eigenvalue weighted by Gasteiger charge is 2.43. The van der Waals surface area contributed by atoms with Gasteiger partial charge < -0.3 is 15.3 Å². The Hall–Kier alpha value is -1.95. The van der Waals surface area contributed by atoms with Crippen LogP contribution >= 0.6 is 0 Å². The molecule has 0 radical (unpaired) electrons. The van der Waals surface area contributed by atoms with Crippen LogP contribution in [-0.4, -0.2) is 36.6 Å². The standard InChI is InChI=1S/C17H21FN2O3/c1-11-6-13(2-3-14(11)18)20-8-12(7-15(20)22)16(23)19-9-17(10-21)4-5-17/h2-3,6,12,21H,4-5,7-10H2,1H3,(H,19,23). The average molecular weight is 320 g/mol. The third-order valence-electron chi connectivity index (χ3n) is 4.88. The van der Waals surface area contributed by atoms with Crippen LogP contribution in [0.25, 0.3) is 0 Å². The summed E-state index contributed by atoms with van der Waals surface area (Å²) in [7, 11) is 0. The van der Waals surface area contributed by atoms with Crippen molar-refractivity contribution in [3.05, 3.63) is 29.6 Å². The van der Waals surface area contributed by atoms with Gasteiger partial charge in [0.15, 0.2) is 0 Å². The van der Waals surface area contributed by atoms with Crippen molar-refractivity contribution in [1.29, 1.82) is 0 Å². The molecule has 1 aromatic carbocycles. The lowest BCUT2D eigenvalue weighted by Gasteiger charge is -2.18. The van der Waals surface area contributed by atoms with Gasteiger partial charge in [0.1, 0.15) is 5.82 Å². The van der Waals surface area contributed by atoms with Gasteiger partial charge in [-0.15, -0.1) is 0 Å². The van der Waals surface area contributed by atoms with E-state index in [-0.39, 0.29) is 36.1 Å². The second-order valence-electron chi connectivity index (χ2n) is 6.71. The van der Waals surface area contributed by atoms with Gasteiger partial charge in [-0.2, -0.15) is 0 Å². The molecule has 1 aliphatic heterocycles. The molecule has 1 atom stereocenters. The number of carbonyl (C=O) groups excluding carboxylic acids is 2. The van der Waals surface area contributed by atoms with Crippen molar-refractivity contribution in [3.8, 4) is 0 Å². The van der Waals surface area contributed by atoms with Gasteiger partial charge in [-0.3, -0.25) is 9.59 Å². The SMILES string of the molecule is Cc1cc(N2CC(C(=O)NCC3(CO)CC3)CC2=O)ccc1F. The molecule has 1 saturated heterocycles. The van der Waals surface area contributed by atoms with Crippen LogP contribution in [0, 0.1) is 24.1 Å². The maximum Gasteiger partial charge on any atom is 0.227 e. The molecule has 23 heavy (non-hydrogen) atoms. The van der Waals surface area contributed by atoms with E-state index in [0.717, 1.165) is 12.8 Å². The van der Waals surface area contributed by atoms with Crippen molar-refractivity contribution in [1.82, 2.24) is 5.32 Å². The molecule has 0 bridgehead atoms. The van der Waals surface area contributed by atoms with Gasteiger partial charge >= 0.3 is 0 Å². The van der Waals surface area contributed by atoms with Crippen molar-refractivity contribution in [2.45, 2.75) is 26.2 Å². The van der Waals surface area contributed by atoms with Crippen LogP contribution in [-0.2, 0) is 9.59 Å². The number of hydrogen-bond donors (Lipinski definition) is 2. The first-order valence-electron chi connectivity index (χ1n) is 7.89. The van der Waals surface area contributed by atoms with Gasteiger partial charge in [0, 0.05) is 30.6 Å². The summed E-state index contributed by atoms with van der Waals surface area (Å²) in [5.41, 5.74) is 0.950. The summed E-state index contributed by atoms with van der Waals surface area (Å²) in [4.78, 5) is 26.0. The fraction of sp³-hybridized carbons (Fsp3) is 0.529. The van der Waals surface area contributed by atoms with Gasteiger partial charge in [-0.25, -0.2) is 4.39 Å². The van der Waals surface area contributed by atoms with E-state index in [9.17, 15) is 19.1 Å². The fourth-order valence-electron chi connectivity index (χ4n) is 2.92. The van der Waals surface area contributed by atoms with Gasteiger partial charge in [-0.1, -0.05) is 0 Å². The molecule has 1 aromatic rings. The number of aliphatic hydroxyl groups is 1. The lowest BCUT2D eigenvalue weighted by Crippen LogP contribution is -2.37. The number of carbonyl (C=O) groups is 2. The fourth-order valence-corrected chi connectivity index (χ4v) is 2.92. The maximum atomic E-state index is 13.4. The number of hydrogen-bond acceptors (Lipinski definition) is 3. The lowest BCUT2D eigenvalue weighted by atomic mass is 10.1. The normalized spacial score (nSPS) is 22.3. The maximum absolute atomic E-state index is 13.4. The molecule has 2 amide bonds. The van der Waals surface area contributed by atoms with Gasteiger partial charge in [0.25, 0.3) is 0 Å². The summed E-state index contributed by atoms with van der Waals surface area (Å²) in [5, 5.41) is 12.1. The number of nitrogens with one attached hydrogen (secondary N) is 1. The highest BCUT2D eigenvalue weighted by Crippen LogP contribution is 2.44. The van der Waals surface area contributed by atoms with Crippen molar-refractivity contribution in [3.63, 3.8) is 0 Å². The number of nitrogens with zero attached hydrogens (tertiary/aromatic N) is 1. The Labute approximate surface area is 134 Å². The highest BCUT2D eigenvalue weighted by molar-refractivity contribution is 6.00. The molecule has 124 valence electrons. The Balaban J connectivity index is 1.62. The number of benzene rings is 1. The number of aliphatic hydroxyl groups excluding tert-OH is 1. The molecular formula is C17H21FN2O3. The number of halogens is 1. The molecule has 0 spiro atoms. The molecule has 3 rings (SSSR count). The third-order valence-corrected chi connectivity index (χ3v) is 4.88. The molecule has 2 aliphatic rings. The number of amides is 2. The summed E-state index contributed by atoms with van der Waals surface area (Å²) in [6.07, 6.45) is 2.01. The minimum Gasteiger partial charge on any atom is -0.396 e. The summed E-state index contributed by atoms with van der Waals surface area (Å²) < 4.78 is 13.4. The molecule has 1 heterocycles. The Kier molecular flexibility index (Phi) is 4.10. The van der Waals surface area contributed by atoms with E-state index < -0.39 is 5.92 Å². The smallest absolute Gasteiger partial charge is 0.227 e. The van der Waals surface area contributed by atoms with Crippen molar-refractivity contribution >= 4 is 17.5 Å². The quantitative estimate of drug-likeness (QED) is 0.861. The van der Waals surface area contributed by atoms with E-state index in [0.29, 0.717) is 24.3 Å². The first-order chi connectivity index (χ1) is 10.9. The van der Waals surface area contributed by atoms with E-state index in [2.05, 4.69) is 5.32 Å². The predicted octanol–water partition coefficient (Wildman–Crippen LogP) is 1.38. The van der Waals surface area contributed by atoms with Crippen LogP contribution < -0.4 is 10.2 Å². The van der Waals surface area contributed by atoms with Crippen LogP contribution in [0.4, 0.5) is 10.1 Å². The third kappa shape index (κ3) is 3.22. The van der Waals surface area contributed by atoms with Gasteiger partial charge in [0.05, 0.1) is 12.5 Å². The largest absolute Gasteiger partial charge is 0.396 e. The minimum atomic E-state index is -0.401. The van der Waals surface area contributed by atoms with Gasteiger partial charge in [0.2, 0.25) is 11.8 Å². The molecule has 1 aliphatic carbocycles. The van der Waals surface area contributed by atoms with Crippen LogP contribution in [0.1, 0.15) is 24.8 Å². The highest BCUT2D eigenvalue weighted by atomic mass is 19.1. The van der Waals surface area contributed by atoms with Crippen LogP contribution in [0.3, 0.4) is 0 Å². The first kappa shape index (κ1) is 15.9. The molecule has 5 nitrogen and oxygen atoms in total. The van der Waals surface area contributed by atoms with Crippen molar-refractivity contribution in [2.75, 3.05) is 24.6 Å². The molecule has 2 fully saturated rings. The molecule has 1 saturated carbocycles. The second-order valence-corrected chi connectivity index (χ2v) is 6.71. The van der Waals surface area contributed by atoms with Crippen molar-refractivity contribution in [2.24, 2.45) is 11.3 Å². The molecule has 2 N–H and O–H groups in total. The zero-order chi connectivity index (χ0) is 16.6. The zero-order valence-electron chi connectivity index (χ0n) is 13.1. The van der Waals surface area contributed by atoms with Crippen LogP contribution in [0.5, 0.6) is 0 Å². The topological polar surface area (TPSA) is 69.6 Å². The van der Waals surface area contributed by atoms with E-state index >= 15 is 0 Å². The number of aryl methyl sites for hydroxylation is 1. The Morgan fingerprint density at radius 1 is 1.48 bits per heavy atom. The number of anilines is 1. The molecule has 6 heteroatoms. The monoisotopic (exact) mass is 320 g/mol. The summed E-state index contributed by atoms with van der Waals surface area (Å²) in [5.74, 6) is -0.991. The second kappa shape index (κ2) is 5.92. The lowest BCUT2D eigenvalue weighted by molar-refractivity contribution is -0.126. The van der Waals surface area contributed by atoms with E-state index in [1.807, 2.05) is 0 Å². The average Bonchev–Trinajstić information content (AvgIpc) is 3.22. The molecule has 1 unspecified atom stereocenters. The van der Waals surface area contributed by atoms with Crippen LogP contribution in [0.15, 0.2) is 18.2 Å². The summed E-state index contributed by atoms with van der Waals surface area (Å²) in [6.45, 7) is 2.50. The summed E-state index contributed by atoms with van der Waals surface area (Å²) >= 11 is 0. The summed E-state index contributed by atoms with van der Waals surface area (Å²) in [6, 6.07) is 4.52. The van der Waals surface area contributed by atoms with E-state index in [1.54, 1.807) is 19.1 Å². The van der Waals surface area contributed by atoms with Gasteiger partial charge in [-0.05, 0) is 43.5 Å². The number of rotatable bonds is 5. The minimum absolute atomic E-state index is 0.0812. The van der Waals surface area contributed by atoms with E-state index in [1.165, 1.54) is 11.0 Å². The molecular weight excluding hydrogens is 299 g/mol. The van der Waals surface area contributed by atoms with E-state index in [4.69, 9.17) is 0 Å². The van der Waals surface area contributed by atoms with Crippen molar-refractivity contribution < 1.29 is 19.1 Å². The first-order valence-corrected chi connectivity index (χ1v) is 7.89. The Morgan fingerprint density at radius 2 is 2.22 bits per heavy atom. The van der Waals surface area contributed by atoms with Crippen LogP contribution in [0.2, 0.25) is 0 Å². The molecule has 0 aromatic heterocycles. The predicted molar refractivity (Wildman–Crippen MR) is 83.4 cm³/mol. The Morgan fingerprint density at radius 3 is 2.83 bits per heavy atom. The Bertz CT molecular complexity index is 643.